The Morgan fingerprint density at radius 3 is 3.11 bits per heavy atom. The lowest BCUT2D eigenvalue weighted by Gasteiger charge is -2.36. The van der Waals surface area contributed by atoms with Gasteiger partial charge in [-0.2, -0.15) is 0 Å². The highest BCUT2D eigenvalue weighted by atomic mass is 16.4. The number of hydrogen-bond acceptors (Lipinski definition) is 3. The first-order valence-electron chi connectivity index (χ1n) is 6.62. The number of carboxylic acids is 1. The van der Waals surface area contributed by atoms with Crippen LogP contribution >= 0.6 is 0 Å². The van der Waals surface area contributed by atoms with E-state index in [1.807, 2.05) is 12.4 Å². The van der Waals surface area contributed by atoms with Crippen molar-refractivity contribution in [3.63, 3.8) is 0 Å². The molecule has 2 heterocycles. The molecule has 5 heteroatoms. The second-order valence-corrected chi connectivity index (χ2v) is 4.91. The second-order valence-electron chi connectivity index (χ2n) is 4.91. The third-order valence-corrected chi connectivity index (χ3v) is 3.79. The maximum Gasteiger partial charge on any atom is 0.320 e. The summed E-state index contributed by atoms with van der Waals surface area (Å²) in [7, 11) is 0. The summed E-state index contributed by atoms with van der Waals surface area (Å²) in [6.45, 7) is 5.54. The molecule has 0 aliphatic carbocycles. The zero-order valence-corrected chi connectivity index (χ0v) is 11.0. The molecule has 100 valence electrons. The van der Waals surface area contributed by atoms with Crippen molar-refractivity contribution in [3.8, 4) is 0 Å². The van der Waals surface area contributed by atoms with Gasteiger partial charge in [-0.15, -0.1) is 0 Å². The SMILES string of the molecule is CCc1nccn1C1CCCN(C(C)C(=O)O)C1. The number of hydrogen-bond donors (Lipinski definition) is 1. The van der Waals surface area contributed by atoms with Gasteiger partial charge in [0.2, 0.25) is 0 Å². The molecule has 0 spiro atoms. The van der Waals surface area contributed by atoms with Gasteiger partial charge < -0.3 is 9.67 Å². The molecule has 1 saturated heterocycles. The number of rotatable bonds is 4. The summed E-state index contributed by atoms with van der Waals surface area (Å²) in [6.07, 6.45) is 6.91. The van der Waals surface area contributed by atoms with Crippen molar-refractivity contribution in [2.24, 2.45) is 0 Å². The Hall–Kier alpha value is -1.36. The lowest BCUT2D eigenvalue weighted by molar-refractivity contribution is -0.143. The van der Waals surface area contributed by atoms with E-state index in [4.69, 9.17) is 5.11 Å². The van der Waals surface area contributed by atoms with Gasteiger partial charge in [0.25, 0.3) is 0 Å². The number of imidazole rings is 1. The molecule has 0 radical (unpaired) electrons. The summed E-state index contributed by atoms with van der Waals surface area (Å²) < 4.78 is 2.21. The van der Waals surface area contributed by atoms with Crippen LogP contribution in [0.5, 0.6) is 0 Å². The molecule has 1 aliphatic heterocycles. The van der Waals surface area contributed by atoms with Gasteiger partial charge in [0.15, 0.2) is 0 Å². The molecule has 2 atom stereocenters. The monoisotopic (exact) mass is 251 g/mol. The Balaban J connectivity index is 2.09. The van der Waals surface area contributed by atoms with Crippen molar-refractivity contribution in [2.45, 2.75) is 45.2 Å². The van der Waals surface area contributed by atoms with Gasteiger partial charge in [-0.05, 0) is 26.3 Å². The minimum atomic E-state index is -0.739. The third-order valence-electron chi connectivity index (χ3n) is 3.79. The maximum absolute atomic E-state index is 11.1. The molecular weight excluding hydrogens is 230 g/mol. The van der Waals surface area contributed by atoms with E-state index in [-0.39, 0.29) is 0 Å². The van der Waals surface area contributed by atoms with Gasteiger partial charge in [-0.25, -0.2) is 4.98 Å². The predicted octanol–water partition coefficient (Wildman–Crippen LogP) is 1.56. The molecule has 0 aromatic carbocycles. The quantitative estimate of drug-likeness (QED) is 0.882. The Morgan fingerprint density at radius 2 is 2.44 bits per heavy atom. The van der Waals surface area contributed by atoms with Crippen molar-refractivity contribution in [1.29, 1.82) is 0 Å². The molecule has 2 unspecified atom stereocenters. The van der Waals surface area contributed by atoms with Crippen molar-refractivity contribution in [3.05, 3.63) is 18.2 Å². The van der Waals surface area contributed by atoms with E-state index in [1.54, 1.807) is 6.92 Å². The standard InChI is InChI=1S/C13H21N3O2/c1-3-12-14-6-8-16(12)11-5-4-7-15(9-11)10(2)13(17)18/h6,8,10-11H,3-5,7,9H2,1-2H3,(H,17,18). The van der Waals surface area contributed by atoms with Crippen molar-refractivity contribution < 1.29 is 9.90 Å². The Bertz CT molecular complexity index is 416. The molecule has 5 nitrogen and oxygen atoms in total. The highest BCUT2D eigenvalue weighted by molar-refractivity contribution is 5.72. The molecule has 0 saturated carbocycles. The molecule has 18 heavy (non-hydrogen) atoms. The number of likely N-dealkylation sites (tertiary alicyclic amines) is 1. The average Bonchev–Trinajstić information content (AvgIpc) is 2.86. The second kappa shape index (κ2) is 5.52. The molecule has 2 rings (SSSR count). The van der Waals surface area contributed by atoms with Crippen LogP contribution in [0.2, 0.25) is 0 Å². The van der Waals surface area contributed by atoms with Crippen LogP contribution in [-0.4, -0.2) is 44.7 Å². The number of piperidine rings is 1. The lowest BCUT2D eigenvalue weighted by Crippen LogP contribution is -2.45. The number of nitrogens with zero attached hydrogens (tertiary/aromatic N) is 3. The number of aliphatic carboxylic acids is 1. The van der Waals surface area contributed by atoms with Gasteiger partial charge in [0, 0.05) is 31.4 Å². The molecule has 1 fully saturated rings. The first-order chi connectivity index (χ1) is 8.63. The van der Waals surface area contributed by atoms with Crippen LogP contribution in [-0.2, 0) is 11.2 Å². The van der Waals surface area contributed by atoms with E-state index in [9.17, 15) is 4.79 Å². The normalized spacial score (nSPS) is 22.9. The fraction of sp³-hybridized carbons (Fsp3) is 0.692. The lowest BCUT2D eigenvalue weighted by atomic mass is 10.0. The van der Waals surface area contributed by atoms with E-state index in [1.165, 1.54) is 0 Å². The van der Waals surface area contributed by atoms with E-state index < -0.39 is 12.0 Å². The van der Waals surface area contributed by atoms with E-state index >= 15 is 0 Å². The van der Waals surface area contributed by atoms with Crippen LogP contribution in [0, 0.1) is 0 Å². The summed E-state index contributed by atoms with van der Waals surface area (Å²) in [6, 6.07) is -0.0422. The van der Waals surface area contributed by atoms with Crippen LogP contribution in [0.15, 0.2) is 12.4 Å². The highest BCUT2D eigenvalue weighted by Gasteiger charge is 2.28. The third kappa shape index (κ3) is 2.56. The molecule has 1 aliphatic rings. The van der Waals surface area contributed by atoms with Crippen LogP contribution in [0.4, 0.5) is 0 Å². The maximum atomic E-state index is 11.1. The molecule has 1 aromatic rings. The smallest absolute Gasteiger partial charge is 0.320 e. The number of aromatic nitrogens is 2. The van der Waals surface area contributed by atoms with Gasteiger partial charge in [0.1, 0.15) is 11.9 Å². The summed E-state index contributed by atoms with van der Waals surface area (Å²) >= 11 is 0. The molecular formula is C13H21N3O2. The Morgan fingerprint density at radius 1 is 1.67 bits per heavy atom. The summed E-state index contributed by atoms with van der Waals surface area (Å²) in [4.78, 5) is 17.4. The zero-order chi connectivity index (χ0) is 13.1. The van der Waals surface area contributed by atoms with Crippen molar-refractivity contribution in [1.82, 2.24) is 14.5 Å². The molecule has 1 aromatic heterocycles. The molecule has 0 bridgehead atoms. The highest BCUT2D eigenvalue weighted by Crippen LogP contribution is 2.24. The van der Waals surface area contributed by atoms with Gasteiger partial charge in [-0.3, -0.25) is 9.69 Å². The molecule has 0 amide bonds. The van der Waals surface area contributed by atoms with Crippen molar-refractivity contribution in [2.75, 3.05) is 13.1 Å². The Kier molecular flexibility index (Phi) is 4.01. The topological polar surface area (TPSA) is 58.4 Å². The Labute approximate surface area is 107 Å². The molecule has 1 N–H and O–H groups in total. The first kappa shape index (κ1) is 13.1. The van der Waals surface area contributed by atoms with Crippen LogP contribution in [0.1, 0.15) is 38.6 Å². The van der Waals surface area contributed by atoms with E-state index in [0.29, 0.717) is 6.04 Å². The van der Waals surface area contributed by atoms with Gasteiger partial charge >= 0.3 is 5.97 Å². The van der Waals surface area contributed by atoms with E-state index in [2.05, 4.69) is 21.4 Å². The zero-order valence-electron chi connectivity index (χ0n) is 11.0. The summed E-state index contributed by atoms with van der Waals surface area (Å²) in [5, 5.41) is 9.09. The van der Waals surface area contributed by atoms with Gasteiger partial charge in [0.05, 0.1) is 0 Å². The van der Waals surface area contributed by atoms with Crippen LogP contribution < -0.4 is 0 Å². The first-order valence-corrected chi connectivity index (χ1v) is 6.62. The van der Waals surface area contributed by atoms with Gasteiger partial charge in [-0.1, -0.05) is 6.92 Å². The average molecular weight is 251 g/mol. The number of carboxylic acid groups (broad SMARTS) is 1. The van der Waals surface area contributed by atoms with Crippen molar-refractivity contribution >= 4 is 5.97 Å². The largest absolute Gasteiger partial charge is 0.480 e. The summed E-state index contributed by atoms with van der Waals surface area (Å²) in [5.41, 5.74) is 0. The fourth-order valence-corrected chi connectivity index (χ4v) is 2.67. The fourth-order valence-electron chi connectivity index (χ4n) is 2.67. The van der Waals surface area contributed by atoms with Crippen LogP contribution in [0.25, 0.3) is 0 Å². The number of carbonyl (C=O) groups is 1. The summed E-state index contributed by atoms with van der Waals surface area (Å²) in [5.74, 6) is 0.349. The predicted molar refractivity (Wildman–Crippen MR) is 68.5 cm³/mol. The van der Waals surface area contributed by atoms with Crippen LogP contribution in [0.3, 0.4) is 0 Å². The number of aryl methyl sites for hydroxylation is 1. The minimum absolute atomic E-state index is 0.359. The van der Waals surface area contributed by atoms with E-state index in [0.717, 1.165) is 38.2 Å². The minimum Gasteiger partial charge on any atom is -0.480 e.